The summed E-state index contributed by atoms with van der Waals surface area (Å²) in [5.74, 6) is -1.44. The number of likely N-dealkylation sites (tertiary alicyclic amines) is 1. The lowest BCUT2D eigenvalue weighted by Gasteiger charge is -2.36. The number of nitrogens with one attached hydrogen (secondary N) is 2. The highest BCUT2D eigenvalue weighted by molar-refractivity contribution is 7.90. The van der Waals surface area contributed by atoms with Crippen molar-refractivity contribution in [3.8, 4) is 0 Å². The molecule has 1 saturated heterocycles. The Morgan fingerprint density at radius 3 is 2.18 bits per heavy atom. The van der Waals surface area contributed by atoms with Crippen LogP contribution in [0.4, 0.5) is 9.59 Å². The SMILES string of the molecule is C=CC1CC1N(C(=O)NS(=O)(=O)C1CC1)C(=O)C1CC(N)CN1C(=O)C(NC(=O)OC(C)(C)C)C(C)(C)C. The molecule has 12 nitrogen and oxygen atoms in total. The summed E-state index contributed by atoms with van der Waals surface area (Å²) >= 11 is 0. The van der Waals surface area contributed by atoms with Gasteiger partial charge in [0.15, 0.2) is 0 Å². The molecule has 214 valence electrons. The Hall–Kier alpha value is -2.67. The van der Waals surface area contributed by atoms with Gasteiger partial charge >= 0.3 is 12.1 Å². The van der Waals surface area contributed by atoms with E-state index in [0.717, 1.165) is 4.90 Å². The van der Waals surface area contributed by atoms with Crippen molar-refractivity contribution >= 4 is 34.0 Å². The van der Waals surface area contributed by atoms with Crippen molar-refractivity contribution in [1.29, 1.82) is 0 Å². The van der Waals surface area contributed by atoms with E-state index in [-0.39, 0.29) is 18.9 Å². The zero-order valence-electron chi connectivity index (χ0n) is 23.0. The first-order valence-corrected chi connectivity index (χ1v) is 14.5. The number of amides is 5. The van der Waals surface area contributed by atoms with Crippen LogP contribution in [-0.2, 0) is 24.3 Å². The fourth-order valence-electron chi connectivity index (χ4n) is 4.54. The van der Waals surface area contributed by atoms with Crippen molar-refractivity contribution in [2.75, 3.05) is 6.54 Å². The maximum absolute atomic E-state index is 13.8. The summed E-state index contributed by atoms with van der Waals surface area (Å²) in [6.45, 7) is 14.1. The number of urea groups is 1. The van der Waals surface area contributed by atoms with E-state index in [4.69, 9.17) is 10.5 Å². The van der Waals surface area contributed by atoms with Crippen LogP contribution in [0.25, 0.3) is 0 Å². The van der Waals surface area contributed by atoms with Gasteiger partial charge in [-0.3, -0.25) is 14.5 Å². The van der Waals surface area contributed by atoms with E-state index >= 15 is 0 Å². The average Bonchev–Trinajstić information content (AvgIpc) is 3.67. The topological polar surface area (TPSA) is 168 Å². The molecule has 0 aromatic heterocycles. The summed E-state index contributed by atoms with van der Waals surface area (Å²) in [6.07, 6.45) is 2.26. The highest BCUT2D eigenvalue weighted by Gasteiger charge is 2.52. The number of carbonyl (C=O) groups excluding carboxylic acids is 4. The monoisotopic (exact) mass is 555 g/mol. The number of imide groups is 1. The van der Waals surface area contributed by atoms with E-state index in [9.17, 15) is 27.6 Å². The quantitative estimate of drug-likeness (QED) is 0.397. The Morgan fingerprint density at radius 1 is 1.11 bits per heavy atom. The third-order valence-corrected chi connectivity index (χ3v) is 8.57. The molecule has 0 bridgehead atoms. The fraction of sp³-hybridized carbons (Fsp3) is 0.760. The molecule has 13 heteroatoms. The minimum absolute atomic E-state index is 0.0310. The zero-order valence-corrected chi connectivity index (χ0v) is 23.8. The van der Waals surface area contributed by atoms with Crippen LogP contribution in [0, 0.1) is 11.3 Å². The smallest absolute Gasteiger partial charge is 0.408 e. The summed E-state index contributed by atoms with van der Waals surface area (Å²) < 4.78 is 32.3. The van der Waals surface area contributed by atoms with E-state index in [1.54, 1.807) is 47.6 Å². The Bertz CT molecular complexity index is 1090. The summed E-state index contributed by atoms with van der Waals surface area (Å²) in [5.41, 5.74) is 4.62. The molecular formula is C25H41N5O7S. The number of rotatable bonds is 7. The lowest BCUT2D eigenvalue weighted by Crippen LogP contribution is -2.60. The molecule has 2 saturated carbocycles. The van der Waals surface area contributed by atoms with Gasteiger partial charge in [0.25, 0.3) is 5.91 Å². The second-order valence-corrected chi connectivity index (χ2v) is 14.5. The van der Waals surface area contributed by atoms with E-state index in [1.165, 1.54) is 4.90 Å². The second-order valence-electron chi connectivity index (χ2n) is 12.5. The van der Waals surface area contributed by atoms with Gasteiger partial charge in [0.1, 0.15) is 17.7 Å². The van der Waals surface area contributed by atoms with Crippen molar-refractivity contribution in [3.05, 3.63) is 12.7 Å². The molecule has 4 N–H and O–H groups in total. The lowest BCUT2D eigenvalue weighted by molar-refractivity contribution is -0.145. The van der Waals surface area contributed by atoms with Gasteiger partial charge in [-0.2, -0.15) is 0 Å². The number of hydrogen-bond acceptors (Lipinski definition) is 8. The first kappa shape index (κ1) is 29.9. The third kappa shape index (κ3) is 7.04. The largest absolute Gasteiger partial charge is 0.444 e. The molecule has 5 atom stereocenters. The summed E-state index contributed by atoms with van der Waals surface area (Å²) in [4.78, 5) is 55.5. The Kier molecular flexibility index (Phi) is 8.24. The van der Waals surface area contributed by atoms with Crippen LogP contribution >= 0.6 is 0 Å². The van der Waals surface area contributed by atoms with Crippen molar-refractivity contribution in [2.45, 2.75) is 102 Å². The maximum atomic E-state index is 13.8. The molecule has 2 aliphatic carbocycles. The number of carbonyl (C=O) groups is 4. The molecule has 1 heterocycles. The van der Waals surface area contributed by atoms with Crippen LogP contribution < -0.4 is 15.8 Å². The summed E-state index contributed by atoms with van der Waals surface area (Å²) in [5, 5.41) is 1.98. The second kappa shape index (κ2) is 10.5. The molecule has 3 fully saturated rings. The van der Waals surface area contributed by atoms with Crippen LogP contribution in [-0.4, -0.2) is 83.7 Å². The van der Waals surface area contributed by atoms with Gasteiger partial charge in [0, 0.05) is 18.6 Å². The highest BCUT2D eigenvalue weighted by Crippen LogP contribution is 2.38. The van der Waals surface area contributed by atoms with Crippen molar-refractivity contribution in [1.82, 2.24) is 19.8 Å². The van der Waals surface area contributed by atoms with Crippen molar-refractivity contribution in [2.24, 2.45) is 17.1 Å². The third-order valence-electron chi connectivity index (χ3n) is 6.76. The van der Waals surface area contributed by atoms with Crippen molar-refractivity contribution < 1.29 is 32.3 Å². The van der Waals surface area contributed by atoms with E-state index in [0.29, 0.717) is 19.3 Å². The fourth-order valence-corrected chi connectivity index (χ4v) is 5.81. The molecular weight excluding hydrogens is 514 g/mol. The van der Waals surface area contributed by atoms with Crippen LogP contribution in [0.15, 0.2) is 12.7 Å². The summed E-state index contributed by atoms with van der Waals surface area (Å²) in [7, 11) is -3.91. The van der Waals surface area contributed by atoms with Gasteiger partial charge in [-0.1, -0.05) is 26.8 Å². The molecule has 0 aromatic rings. The number of alkyl carbamates (subject to hydrolysis) is 1. The van der Waals surface area contributed by atoms with E-state index in [1.807, 2.05) is 4.72 Å². The van der Waals surface area contributed by atoms with Gasteiger partial charge in [-0.15, -0.1) is 6.58 Å². The number of nitrogens with zero attached hydrogens (tertiary/aromatic N) is 2. The number of ether oxygens (including phenoxy) is 1. The van der Waals surface area contributed by atoms with Gasteiger partial charge in [0.2, 0.25) is 15.9 Å². The van der Waals surface area contributed by atoms with Gasteiger partial charge in [-0.25, -0.2) is 22.7 Å². The van der Waals surface area contributed by atoms with Gasteiger partial charge < -0.3 is 20.7 Å². The van der Waals surface area contributed by atoms with Gasteiger partial charge in [0.05, 0.1) is 5.25 Å². The molecule has 5 amide bonds. The number of hydrogen-bond donors (Lipinski definition) is 3. The minimum Gasteiger partial charge on any atom is -0.444 e. The van der Waals surface area contributed by atoms with Crippen LogP contribution in [0.1, 0.15) is 67.2 Å². The highest BCUT2D eigenvalue weighted by atomic mass is 32.2. The first-order chi connectivity index (χ1) is 17.4. The predicted molar refractivity (Wildman–Crippen MR) is 140 cm³/mol. The van der Waals surface area contributed by atoms with Crippen molar-refractivity contribution in [3.63, 3.8) is 0 Å². The minimum atomic E-state index is -3.91. The van der Waals surface area contributed by atoms with Crippen LogP contribution in [0.5, 0.6) is 0 Å². The first-order valence-electron chi connectivity index (χ1n) is 12.9. The number of nitrogens with two attached hydrogens (primary N) is 1. The number of sulfonamides is 1. The molecule has 0 aromatic carbocycles. The maximum Gasteiger partial charge on any atom is 0.408 e. The molecule has 3 aliphatic rings. The Morgan fingerprint density at radius 2 is 1.71 bits per heavy atom. The van der Waals surface area contributed by atoms with E-state index in [2.05, 4.69) is 11.9 Å². The molecule has 0 radical (unpaired) electrons. The van der Waals surface area contributed by atoms with E-state index < -0.39 is 74.4 Å². The van der Waals surface area contributed by atoms with Crippen LogP contribution in [0.2, 0.25) is 0 Å². The van der Waals surface area contributed by atoms with Gasteiger partial charge in [-0.05, 0) is 57.8 Å². The normalized spacial score (nSPS) is 26.2. The molecule has 38 heavy (non-hydrogen) atoms. The lowest BCUT2D eigenvalue weighted by atomic mass is 9.85. The standard InChI is InChI=1S/C25H41N5O7S/c1-8-14-11-17(14)30(22(33)28-38(35,36)16-9-10-16)20(31)18-12-15(26)13-29(18)21(32)19(24(2,3)4)27-23(34)37-25(5,6)7/h8,14-19H,1,9-13,26H2,2-7H3,(H,27,34)(H,28,33). The molecule has 3 rings (SSSR count). The zero-order chi connectivity index (χ0) is 28.8. The molecule has 5 unspecified atom stereocenters. The molecule has 0 spiro atoms. The van der Waals surface area contributed by atoms with Crippen LogP contribution in [0.3, 0.4) is 0 Å². The Labute approximate surface area is 224 Å². The molecule has 1 aliphatic heterocycles. The Balaban J connectivity index is 1.86. The average molecular weight is 556 g/mol. The predicted octanol–water partition coefficient (Wildman–Crippen LogP) is 1.46. The summed E-state index contributed by atoms with van der Waals surface area (Å²) in [6, 6.07) is -4.32.